The van der Waals surface area contributed by atoms with Gasteiger partial charge in [-0.25, -0.2) is 4.39 Å². The number of hydrogen-bond donors (Lipinski definition) is 0. The lowest BCUT2D eigenvalue weighted by atomic mass is 10.1. The maximum atomic E-state index is 14.2. The summed E-state index contributed by atoms with van der Waals surface area (Å²) >= 11 is 6.84. The molecule has 35 heavy (non-hydrogen) atoms. The van der Waals surface area contributed by atoms with Gasteiger partial charge >= 0.3 is 0 Å². The van der Waals surface area contributed by atoms with E-state index in [1.807, 2.05) is 0 Å². The second-order valence-electron chi connectivity index (χ2n) is 7.63. The molecule has 0 atom stereocenters. The Labute approximate surface area is 210 Å². The molecular formula is C24H22ClFN2O6S. The number of nitrogens with zero attached hydrogens (tertiary/aromatic N) is 2. The molecule has 0 unspecified atom stereocenters. The largest absolute Gasteiger partial charge is 0.493 e. The van der Waals surface area contributed by atoms with Crippen molar-refractivity contribution in [2.45, 2.75) is 6.61 Å². The van der Waals surface area contributed by atoms with E-state index in [1.54, 1.807) is 29.2 Å². The van der Waals surface area contributed by atoms with Crippen molar-refractivity contribution in [3.8, 4) is 11.5 Å². The maximum absolute atomic E-state index is 14.2. The number of amides is 3. The van der Waals surface area contributed by atoms with Gasteiger partial charge in [-0.1, -0.05) is 29.8 Å². The van der Waals surface area contributed by atoms with Crippen LogP contribution in [0.4, 0.5) is 9.18 Å². The van der Waals surface area contributed by atoms with E-state index in [1.165, 1.54) is 25.3 Å². The van der Waals surface area contributed by atoms with Crippen LogP contribution in [-0.4, -0.2) is 66.8 Å². The molecule has 11 heteroatoms. The van der Waals surface area contributed by atoms with Crippen LogP contribution in [0.15, 0.2) is 41.3 Å². The first kappa shape index (κ1) is 25.0. The predicted molar refractivity (Wildman–Crippen MR) is 129 cm³/mol. The summed E-state index contributed by atoms with van der Waals surface area (Å²) in [5.74, 6) is -0.796. The van der Waals surface area contributed by atoms with E-state index in [-0.39, 0.29) is 40.3 Å². The Morgan fingerprint density at radius 2 is 1.94 bits per heavy atom. The molecule has 0 aliphatic carbocycles. The normalized spacial score (nSPS) is 17.3. The van der Waals surface area contributed by atoms with E-state index in [0.29, 0.717) is 37.6 Å². The summed E-state index contributed by atoms with van der Waals surface area (Å²) in [6, 6.07) is 9.36. The van der Waals surface area contributed by atoms with Gasteiger partial charge < -0.3 is 19.1 Å². The molecule has 8 nitrogen and oxygen atoms in total. The van der Waals surface area contributed by atoms with E-state index >= 15 is 0 Å². The fourth-order valence-corrected chi connectivity index (χ4v) is 4.65. The zero-order valence-corrected chi connectivity index (χ0v) is 20.4. The van der Waals surface area contributed by atoms with Crippen LogP contribution in [-0.2, 0) is 20.9 Å². The Bertz CT molecular complexity index is 1160. The van der Waals surface area contributed by atoms with Crippen molar-refractivity contribution in [2.24, 2.45) is 0 Å². The number of para-hydroxylation sites is 1. The second kappa shape index (κ2) is 11.1. The Morgan fingerprint density at radius 3 is 2.66 bits per heavy atom. The van der Waals surface area contributed by atoms with Gasteiger partial charge in [0, 0.05) is 24.2 Å². The summed E-state index contributed by atoms with van der Waals surface area (Å²) in [6.45, 7) is 1.16. The SMILES string of the molecule is COc1cccc(/C=C2\SC(=O)N(CC(=O)N3CCOCC3)C2=O)c1OCc1c(F)cccc1Cl. The van der Waals surface area contributed by atoms with E-state index in [0.717, 1.165) is 16.7 Å². The third-order valence-electron chi connectivity index (χ3n) is 5.47. The standard InChI is InChI=1S/C24H22ClFN2O6S/c1-32-19-7-2-4-15(22(19)34-14-16-17(25)5-3-6-18(16)26)12-20-23(30)28(24(31)35-20)13-21(29)27-8-10-33-11-9-27/h2-7,12H,8-11,13-14H2,1H3/b20-12-. The van der Waals surface area contributed by atoms with Crippen molar-refractivity contribution in [3.63, 3.8) is 0 Å². The number of thioether (sulfide) groups is 1. The monoisotopic (exact) mass is 520 g/mol. The van der Waals surface area contributed by atoms with Crippen LogP contribution in [0.3, 0.4) is 0 Å². The van der Waals surface area contributed by atoms with Gasteiger partial charge in [0.2, 0.25) is 5.91 Å². The van der Waals surface area contributed by atoms with Gasteiger partial charge in [0.25, 0.3) is 11.1 Å². The number of ether oxygens (including phenoxy) is 3. The highest BCUT2D eigenvalue weighted by Crippen LogP contribution is 2.38. The molecule has 3 amide bonds. The molecule has 0 spiro atoms. The minimum atomic E-state index is -0.576. The fraction of sp³-hybridized carbons (Fsp3) is 0.292. The van der Waals surface area contributed by atoms with Crippen molar-refractivity contribution in [2.75, 3.05) is 40.0 Å². The minimum Gasteiger partial charge on any atom is -0.493 e. The number of morpholine rings is 1. The highest BCUT2D eigenvalue weighted by atomic mass is 35.5. The van der Waals surface area contributed by atoms with Gasteiger partial charge in [-0.05, 0) is 36.0 Å². The molecule has 0 radical (unpaired) electrons. The highest BCUT2D eigenvalue weighted by molar-refractivity contribution is 8.18. The fourth-order valence-electron chi connectivity index (χ4n) is 3.60. The zero-order valence-electron chi connectivity index (χ0n) is 18.8. The molecule has 2 aliphatic heterocycles. The molecule has 2 aromatic carbocycles. The summed E-state index contributed by atoms with van der Waals surface area (Å²) < 4.78 is 30.7. The minimum absolute atomic E-state index is 0.131. The number of rotatable bonds is 7. The van der Waals surface area contributed by atoms with E-state index in [2.05, 4.69) is 0 Å². The van der Waals surface area contributed by atoms with Gasteiger partial charge in [0.15, 0.2) is 11.5 Å². The highest BCUT2D eigenvalue weighted by Gasteiger charge is 2.37. The number of carbonyl (C=O) groups excluding carboxylic acids is 3. The van der Waals surface area contributed by atoms with Crippen LogP contribution < -0.4 is 9.47 Å². The molecule has 4 rings (SSSR count). The number of imide groups is 1. The summed E-state index contributed by atoms with van der Waals surface area (Å²) in [5.41, 5.74) is 0.620. The van der Waals surface area contributed by atoms with E-state index in [9.17, 15) is 18.8 Å². The molecule has 2 aromatic rings. The van der Waals surface area contributed by atoms with Gasteiger partial charge in [-0.2, -0.15) is 0 Å². The predicted octanol–water partition coefficient (Wildman–Crippen LogP) is 3.96. The summed E-state index contributed by atoms with van der Waals surface area (Å²) in [4.78, 5) is 40.6. The van der Waals surface area contributed by atoms with Crippen molar-refractivity contribution >= 4 is 46.5 Å². The Kier molecular flexibility index (Phi) is 7.94. The molecular weight excluding hydrogens is 499 g/mol. The van der Waals surface area contributed by atoms with Crippen LogP contribution in [0.5, 0.6) is 11.5 Å². The molecule has 0 saturated carbocycles. The third-order valence-corrected chi connectivity index (χ3v) is 6.73. The maximum Gasteiger partial charge on any atom is 0.294 e. The van der Waals surface area contributed by atoms with Crippen LogP contribution in [0.1, 0.15) is 11.1 Å². The summed E-state index contributed by atoms with van der Waals surface area (Å²) in [7, 11) is 1.45. The van der Waals surface area contributed by atoms with Crippen molar-refractivity contribution in [3.05, 3.63) is 63.3 Å². The van der Waals surface area contributed by atoms with Crippen LogP contribution in [0, 0.1) is 5.82 Å². The van der Waals surface area contributed by atoms with E-state index in [4.69, 9.17) is 25.8 Å². The van der Waals surface area contributed by atoms with Gasteiger partial charge in [0.1, 0.15) is 19.0 Å². The number of carbonyl (C=O) groups is 3. The third kappa shape index (κ3) is 5.61. The van der Waals surface area contributed by atoms with Crippen molar-refractivity contribution in [1.29, 1.82) is 0 Å². The number of hydrogen-bond acceptors (Lipinski definition) is 7. The van der Waals surface area contributed by atoms with Crippen molar-refractivity contribution in [1.82, 2.24) is 9.80 Å². The molecule has 0 bridgehead atoms. The average Bonchev–Trinajstić information content (AvgIpc) is 3.12. The van der Waals surface area contributed by atoms with Crippen LogP contribution in [0.2, 0.25) is 5.02 Å². The first-order valence-electron chi connectivity index (χ1n) is 10.7. The quantitative estimate of drug-likeness (QED) is 0.511. The number of halogens is 2. The molecule has 2 saturated heterocycles. The molecule has 184 valence electrons. The summed E-state index contributed by atoms with van der Waals surface area (Å²) in [5, 5.41) is -0.320. The second-order valence-corrected chi connectivity index (χ2v) is 9.03. The van der Waals surface area contributed by atoms with E-state index < -0.39 is 17.0 Å². The molecule has 2 aliphatic rings. The number of methoxy groups -OCH3 is 1. The average molecular weight is 521 g/mol. The first-order chi connectivity index (χ1) is 16.9. The van der Waals surface area contributed by atoms with Gasteiger partial charge in [-0.15, -0.1) is 0 Å². The van der Waals surface area contributed by atoms with Gasteiger partial charge in [0.05, 0.1) is 30.3 Å². The topological polar surface area (TPSA) is 85.4 Å². The Hall–Kier alpha value is -3.08. The molecule has 2 fully saturated rings. The van der Waals surface area contributed by atoms with Gasteiger partial charge in [-0.3, -0.25) is 19.3 Å². The Morgan fingerprint density at radius 1 is 1.20 bits per heavy atom. The van der Waals surface area contributed by atoms with Crippen LogP contribution in [0.25, 0.3) is 6.08 Å². The Balaban J connectivity index is 1.55. The lowest BCUT2D eigenvalue weighted by Crippen LogP contribution is -2.46. The molecule has 0 aromatic heterocycles. The van der Waals surface area contributed by atoms with Crippen molar-refractivity contribution < 1.29 is 33.0 Å². The molecule has 0 N–H and O–H groups in total. The van der Waals surface area contributed by atoms with Crippen LogP contribution >= 0.6 is 23.4 Å². The summed E-state index contributed by atoms with van der Waals surface area (Å²) in [6.07, 6.45) is 1.49. The smallest absolute Gasteiger partial charge is 0.294 e. The first-order valence-corrected chi connectivity index (χ1v) is 11.9. The number of benzene rings is 2. The zero-order chi connectivity index (χ0) is 24.9. The molecule has 2 heterocycles. The lowest BCUT2D eigenvalue weighted by Gasteiger charge is -2.28. The lowest BCUT2D eigenvalue weighted by molar-refractivity contribution is -0.139.